The second-order valence-corrected chi connectivity index (χ2v) is 5.51. The van der Waals surface area contributed by atoms with Gasteiger partial charge in [0.25, 0.3) is 5.89 Å². The summed E-state index contributed by atoms with van der Waals surface area (Å²) >= 11 is 1.51. The predicted octanol–water partition coefficient (Wildman–Crippen LogP) is 0.559. The van der Waals surface area contributed by atoms with Crippen LogP contribution in [0.25, 0.3) is 10.8 Å². The normalized spacial score (nSPS) is 21.0. The third-order valence-corrected chi connectivity index (χ3v) is 3.90. The van der Waals surface area contributed by atoms with Gasteiger partial charge in [0.05, 0.1) is 23.6 Å². The zero-order valence-electron chi connectivity index (χ0n) is 11.0. The number of β-amino-alcohol motifs (C(OH)–C–C–N with tert-alkyl or cyclic N) is 1. The van der Waals surface area contributed by atoms with E-state index >= 15 is 0 Å². The monoisotopic (exact) mass is 330 g/mol. The van der Waals surface area contributed by atoms with Gasteiger partial charge >= 0.3 is 0 Å². The number of halogens is 1. The van der Waals surface area contributed by atoms with Gasteiger partial charge in [0.1, 0.15) is 0 Å². The average Bonchev–Trinajstić information content (AvgIpc) is 3.16. The fourth-order valence-electron chi connectivity index (χ4n) is 2.03. The molecule has 3 rings (SSSR count). The van der Waals surface area contributed by atoms with E-state index in [-0.39, 0.29) is 30.9 Å². The van der Waals surface area contributed by atoms with E-state index in [1.54, 1.807) is 0 Å². The third-order valence-electron chi connectivity index (χ3n) is 3.04. The van der Waals surface area contributed by atoms with Gasteiger partial charge in [0.2, 0.25) is 5.91 Å². The molecule has 7 nitrogen and oxygen atoms in total. The van der Waals surface area contributed by atoms with Crippen LogP contribution in [0.5, 0.6) is 0 Å². The maximum absolute atomic E-state index is 11.8. The molecule has 2 aromatic heterocycles. The number of aliphatic hydroxyl groups is 1. The van der Waals surface area contributed by atoms with Crippen LogP contribution in [0.15, 0.2) is 22.0 Å². The van der Waals surface area contributed by atoms with Crippen molar-refractivity contribution in [3.05, 3.63) is 23.3 Å². The molecular weight excluding hydrogens is 316 g/mol. The number of nitrogens with zero attached hydrogens (tertiary/aromatic N) is 2. The first kappa shape index (κ1) is 15.9. The fraction of sp³-hybridized carbons (Fsp3) is 0.417. The maximum atomic E-state index is 11.8. The summed E-state index contributed by atoms with van der Waals surface area (Å²) in [5, 5.41) is 20.8. The summed E-state index contributed by atoms with van der Waals surface area (Å²) in [4.78, 5) is 16.9. The van der Waals surface area contributed by atoms with Crippen LogP contribution in [0.4, 0.5) is 0 Å². The summed E-state index contributed by atoms with van der Waals surface area (Å²) in [6.45, 7) is 0.658. The van der Waals surface area contributed by atoms with Crippen LogP contribution in [0.2, 0.25) is 0 Å². The number of nitrogens with one attached hydrogen (secondary N) is 2. The molecule has 0 bridgehead atoms. The van der Waals surface area contributed by atoms with Crippen LogP contribution < -0.4 is 10.6 Å². The van der Waals surface area contributed by atoms with Gasteiger partial charge in [-0.1, -0.05) is 11.2 Å². The predicted molar refractivity (Wildman–Crippen MR) is 79.1 cm³/mol. The van der Waals surface area contributed by atoms with Crippen molar-refractivity contribution in [1.29, 1.82) is 0 Å². The van der Waals surface area contributed by atoms with Crippen LogP contribution in [0, 0.1) is 0 Å². The smallest absolute Gasteiger partial charge is 0.268 e. The van der Waals surface area contributed by atoms with Crippen molar-refractivity contribution in [2.75, 3.05) is 6.54 Å². The van der Waals surface area contributed by atoms with Gasteiger partial charge in [-0.3, -0.25) is 4.79 Å². The molecule has 21 heavy (non-hydrogen) atoms. The number of amides is 1. The second-order valence-electron chi connectivity index (χ2n) is 4.56. The molecule has 2 atom stereocenters. The van der Waals surface area contributed by atoms with E-state index in [1.807, 2.05) is 17.5 Å². The van der Waals surface area contributed by atoms with E-state index in [2.05, 4.69) is 20.8 Å². The SMILES string of the molecule is Cl.O=C(NCc1noc(-c2cccs2)n1)[C@H]1C[C@@H](O)CN1. The van der Waals surface area contributed by atoms with Gasteiger partial charge in [-0.15, -0.1) is 23.7 Å². The number of rotatable bonds is 4. The molecule has 1 saturated heterocycles. The first-order chi connectivity index (χ1) is 9.72. The van der Waals surface area contributed by atoms with Gasteiger partial charge in [-0.05, 0) is 17.9 Å². The number of aromatic nitrogens is 2. The van der Waals surface area contributed by atoms with Crippen LogP contribution in [0.3, 0.4) is 0 Å². The third kappa shape index (κ3) is 3.79. The molecule has 1 amide bonds. The lowest BCUT2D eigenvalue weighted by Crippen LogP contribution is -2.40. The largest absolute Gasteiger partial charge is 0.392 e. The van der Waals surface area contributed by atoms with Gasteiger partial charge < -0.3 is 20.3 Å². The molecule has 0 aromatic carbocycles. The molecule has 0 radical (unpaired) electrons. The van der Waals surface area contributed by atoms with Crippen LogP contribution in [-0.4, -0.2) is 39.8 Å². The highest BCUT2D eigenvalue weighted by Crippen LogP contribution is 2.22. The van der Waals surface area contributed by atoms with Crippen molar-refractivity contribution in [3.8, 4) is 10.8 Å². The topological polar surface area (TPSA) is 100 Å². The van der Waals surface area contributed by atoms with E-state index in [0.29, 0.717) is 24.7 Å². The van der Waals surface area contributed by atoms with Gasteiger partial charge in [-0.2, -0.15) is 4.98 Å². The molecule has 1 aliphatic rings. The van der Waals surface area contributed by atoms with Crippen molar-refractivity contribution < 1.29 is 14.4 Å². The minimum absolute atomic E-state index is 0. The quantitative estimate of drug-likeness (QED) is 0.757. The number of hydrogen-bond acceptors (Lipinski definition) is 7. The van der Waals surface area contributed by atoms with Crippen LogP contribution in [-0.2, 0) is 11.3 Å². The maximum Gasteiger partial charge on any atom is 0.268 e. The molecule has 0 spiro atoms. The lowest BCUT2D eigenvalue weighted by atomic mass is 10.2. The van der Waals surface area contributed by atoms with Crippen molar-refractivity contribution in [3.63, 3.8) is 0 Å². The Hall–Kier alpha value is -1.48. The Morgan fingerprint density at radius 3 is 3.14 bits per heavy atom. The lowest BCUT2D eigenvalue weighted by Gasteiger charge is -2.08. The molecule has 2 aromatic rings. The Morgan fingerprint density at radius 2 is 2.48 bits per heavy atom. The van der Waals surface area contributed by atoms with Crippen LogP contribution in [0.1, 0.15) is 12.2 Å². The van der Waals surface area contributed by atoms with Crippen molar-refractivity contribution >= 4 is 29.7 Å². The molecule has 0 aliphatic carbocycles. The molecule has 3 heterocycles. The zero-order chi connectivity index (χ0) is 13.9. The number of hydrogen-bond donors (Lipinski definition) is 3. The first-order valence-electron chi connectivity index (χ1n) is 6.28. The molecule has 1 aliphatic heterocycles. The van der Waals surface area contributed by atoms with E-state index in [9.17, 15) is 9.90 Å². The molecule has 0 saturated carbocycles. The van der Waals surface area contributed by atoms with Crippen molar-refractivity contribution in [2.45, 2.75) is 25.1 Å². The number of carbonyl (C=O) groups excluding carboxylic acids is 1. The van der Waals surface area contributed by atoms with Crippen LogP contribution >= 0.6 is 23.7 Å². The Bertz CT molecular complexity index is 589. The summed E-state index contributed by atoms with van der Waals surface area (Å²) < 4.78 is 5.13. The number of carbonyl (C=O) groups is 1. The fourth-order valence-corrected chi connectivity index (χ4v) is 2.68. The van der Waals surface area contributed by atoms with Gasteiger partial charge in [-0.25, -0.2) is 0 Å². The summed E-state index contributed by atoms with van der Waals surface area (Å²) in [6.07, 6.45) is -0.0280. The molecular formula is C12H15ClN4O3S. The molecule has 1 fully saturated rings. The van der Waals surface area contributed by atoms with E-state index < -0.39 is 6.10 Å². The van der Waals surface area contributed by atoms with E-state index in [1.165, 1.54) is 11.3 Å². The summed E-state index contributed by atoms with van der Waals surface area (Å²) in [5.41, 5.74) is 0. The van der Waals surface area contributed by atoms with E-state index in [4.69, 9.17) is 4.52 Å². The summed E-state index contributed by atoms with van der Waals surface area (Å²) in [7, 11) is 0. The van der Waals surface area contributed by atoms with E-state index in [0.717, 1.165) is 4.88 Å². The minimum atomic E-state index is -0.457. The highest BCUT2D eigenvalue weighted by atomic mass is 35.5. The molecule has 9 heteroatoms. The lowest BCUT2D eigenvalue weighted by molar-refractivity contribution is -0.123. The molecule has 0 unspecified atom stereocenters. The Kier molecular flexibility index (Phi) is 5.29. The Labute approximate surface area is 131 Å². The molecule has 3 N–H and O–H groups in total. The Balaban J connectivity index is 0.00000161. The number of thiophene rings is 1. The average molecular weight is 331 g/mol. The highest BCUT2D eigenvalue weighted by Gasteiger charge is 2.27. The highest BCUT2D eigenvalue weighted by molar-refractivity contribution is 7.13. The standard InChI is InChI=1S/C12H14N4O3S.ClH/c17-7-4-8(13-5-7)11(18)14-6-10-15-12(19-16-10)9-2-1-3-20-9;/h1-3,7-8,13,17H,4-6H2,(H,14,18);1H/t7-,8-;/m1./s1. The first-order valence-corrected chi connectivity index (χ1v) is 7.16. The number of aliphatic hydroxyl groups excluding tert-OH is 1. The van der Waals surface area contributed by atoms with Crippen molar-refractivity contribution in [2.24, 2.45) is 0 Å². The van der Waals surface area contributed by atoms with Gasteiger partial charge in [0.15, 0.2) is 5.82 Å². The zero-order valence-corrected chi connectivity index (χ0v) is 12.6. The summed E-state index contributed by atoms with van der Waals surface area (Å²) in [6, 6.07) is 3.45. The second kappa shape index (κ2) is 6.99. The molecule has 114 valence electrons. The van der Waals surface area contributed by atoms with Crippen molar-refractivity contribution in [1.82, 2.24) is 20.8 Å². The minimum Gasteiger partial charge on any atom is -0.392 e. The van der Waals surface area contributed by atoms with Gasteiger partial charge in [0, 0.05) is 6.54 Å². The Morgan fingerprint density at radius 1 is 1.62 bits per heavy atom. The summed E-state index contributed by atoms with van der Waals surface area (Å²) in [5.74, 6) is 0.725.